The summed E-state index contributed by atoms with van der Waals surface area (Å²) < 4.78 is 31.5. The van der Waals surface area contributed by atoms with E-state index in [1.165, 1.54) is 4.31 Å². The fourth-order valence-electron chi connectivity index (χ4n) is 1.97. The average Bonchev–Trinajstić information content (AvgIpc) is 2.50. The number of hydrogen-bond acceptors (Lipinski definition) is 3. The summed E-state index contributed by atoms with van der Waals surface area (Å²) in [6, 6.07) is 15.9. The molecule has 2 aromatic rings. The zero-order valence-corrected chi connectivity index (χ0v) is 13.0. The second kappa shape index (κ2) is 6.74. The van der Waals surface area contributed by atoms with Crippen LogP contribution < -0.4 is 4.74 Å². The van der Waals surface area contributed by atoms with Gasteiger partial charge in [-0.3, -0.25) is 0 Å². The molecule has 0 N–H and O–H groups in total. The molecule has 0 atom stereocenters. The van der Waals surface area contributed by atoms with Gasteiger partial charge in [0.15, 0.2) is 0 Å². The van der Waals surface area contributed by atoms with Gasteiger partial charge in [-0.05, 0) is 36.8 Å². The molecule has 0 saturated carbocycles. The van der Waals surface area contributed by atoms with Crippen molar-refractivity contribution in [3.63, 3.8) is 0 Å². The Morgan fingerprint density at radius 1 is 1.00 bits per heavy atom. The highest BCUT2D eigenvalue weighted by Crippen LogP contribution is 2.18. The van der Waals surface area contributed by atoms with Crippen molar-refractivity contribution in [3.8, 4) is 5.75 Å². The van der Waals surface area contributed by atoms with Gasteiger partial charge in [0.05, 0.1) is 11.5 Å². The first-order valence-corrected chi connectivity index (χ1v) is 8.21. The van der Waals surface area contributed by atoms with Crippen LogP contribution in [0.3, 0.4) is 0 Å². The third kappa shape index (κ3) is 3.83. The molecular weight excluding hydrogens is 286 g/mol. The Hall–Kier alpha value is -1.85. The summed E-state index contributed by atoms with van der Waals surface area (Å²) in [4.78, 5) is 0.304. The molecule has 0 aromatic heterocycles. The van der Waals surface area contributed by atoms with Gasteiger partial charge in [0.2, 0.25) is 10.0 Å². The van der Waals surface area contributed by atoms with Crippen molar-refractivity contribution in [2.24, 2.45) is 0 Å². The van der Waals surface area contributed by atoms with E-state index in [2.05, 4.69) is 0 Å². The van der Waals surface area contributed by atoms with Crippen molar-refractivity contribution in [2.75, 3.05) is 13.7 Å². The second-order valence-corrected chi connectivity index (χ2v) is 6.70. The highest BCUT2D eigenvalue weighted by molar-refractivity contribution is 7.89. The molecule has 0 aliphatic rings. The van der Waals surface area contributed by atoms with Crippen molar-refractivity contribution >= 4 is 10.0 Å². The molecule has 0 heterocycles. The van der Waals surface area contributed by atoms with E-state index < -0.39 is 10.0 Å². The first kappa shape index (κ1) is 15.5. The van der Waals surface area contributed by atoms with E-state index in [4.69, 9.17) is 4.74 Å². The molecular formula is C16H19NO3S. The lowest BCUT2D eigenvalue weighted by molar-refractivity contribution is 0.340. The first-order chi connectivity index (χ1) is 10.0. The number of nitrogens with zero attached hydrogens (tertiary/aromatic N) is 1. The molecule has 0 saturated heterocycles. The van der Waals surface area contributed by atoms with Gasteiger partial charge in [0, 0.05) is 13.6 Å². The predicted molar refractivity (Wildman–Crippen MR) is 82.7 cm³/mol. The molecule has 0 bridgehead atoms. The maximum absolute atomic E-state index is 12.4. The van der Waals surface area contributed by atoms with E-state index in [0.717, 1.165) is 11.3 Å². The summed E-state index contributed by atoms with van der Waals surface area (Å²) in [6.45, 7) is 2.86. The van der Waals surface area contributed by atoms with Crippen molar-refractivity contribution in [2.45, 2.75) is 18.4 Å². The maximum atomic E-state index is 12.4. The van der Waals surface area contributed by atoms with E-state index in [9.17, 15) is 8.42 Å². The van der Waals surface area contributed by atoms with Crippen LogP contribution in [0.2, 0.25) is 0 Å². The molecule has 0 radical (unpaired) electrons. The molecule has 4 nitrogen and oxygen atoms in total. The minimum Gasteiger partial charge on any atom is -0.494 e. The van der Waals surface area contributed by atoms with Crippen molar-refractivity contribution in [1.29, 1.82) is 0 Å². The minimum absolute atomic E-state index is 0.304. The molecule has 0 aliphatic heterocycles. The van der Waals surface area contributed by atoms with E-state index in [0.29, 0.717) is 18.0 Å². The van der Waals surface area contributed by atoms with Gasteiger partial charge in [-0.25, -0.2) is 8.42 Å². The third-order valence-electron chi connectivity index (χ3n) is 3.09. The molecule has 21 heavy (non-hydrogen) atoms. The lowest BCUT2D eigenvalue weighted by Crippen LogP contribution is -2.26. The van der Waals surface area contributed by atoms with Gasteiger partial charge < -0.3 is 4.74 Å². The topological polar surface area (TPSA) is 46.6 Å². The van der Waals surface area contributed by atoms with E-state index in [-0.39, 0.29) is 0 Å². The maximum Gasteiger partial charge on any atom is 0.243 e. The average molecular weight is 305 g/mol. The van der Waals surface area contributed by atoms with Crippen LogP contribution in [-0.4, -0.2) is 26.4 Å². The van der Waals surface area contributed by atoms with Gasteiger partial charge >= 0.3 is 0 Å². The van der Waals surface area contributed by atoms with Crippen molar-refractivity contribution in [1.82, 2.24) is 4.31 Å². The highest BCUT2D eigenvalue weighted by atomic mass is 32.2. The summed E-state index contributed by atoms with van der Waals surface area (Å²) in [5.41, 5.74) is 0.917. The standard InChI is InChI=1S/C16H19NO3S/c1-3-20-15-11-9-14(10-12-15)13-17(2)21(18,19)16-7-5-4-6-8-16/h4-12H,3,13H2,1-2H3. The van der Waals surface area contributed by atoms with Crippen molar-refractivity contribution < 1.29 is 13.2 Å². The molecule has 2 rings (SSSR count). The van der Waals surface area contributed by atoms with E-state index in [1.54, 1.807) is 37.4 Å². The molecule has 112 valence electrons. The first-order valence-electron chi connectivity index (χ1n) is 6.77. The van der Waals surface area contributed by atoms with Crippen LogP contribution in [0.15, 0.2) is 59.5 Å². The van der Waals surface area contributed by atoms with Crippen LogP contribution in [0.4, 0.5) is 0 Å². The fourth-order valence-corrected chi connectivity index (χ4v) is 3.15. The molecule has 0 unspecified atom stereocenters. The Morgan fingerprint density at radius 3 is 2.19 bits per heavy atom. The molecule has 2 aromatic carbocycles. The lowest BCUT2D eigenvalue weighted by Gasteiger charge is -2.17. The monoisotopic (exact) mass is 305 g/mol. The quantitative estimate of drug-likeness (QED) is 0.824. The van der Waals surface area contributed by atoms with Crippen LogP contribution in [0.5, 0.6) is 5.75 Å². The molecule has 0 amide bonds. The van der Waals surface area contributed by atoms with E-state index in [1.807, 2.05) is 31.2 Å². The van der Waals surface area contributed by atoms with Crippen LogP contribution >= 0.6 is 0 Å². The van der Waals surface area contributed by atoms with E-state index >= 15 is 0 Å². The van der Waals surface area contributed by atoms with Gasteiger partial charge in [-0.1, -0.05) is 30.3 Å². The van der Waals surface area contributed by atoms with Crippen LogP contribution in [0, 0.1) is 0 Å². The normalized spacial score (nSPS) is 11.6. The summed E-state index contributed by atoms with van der Waals surface area (Å²) >= 11 is 0. The highest BCUT2D eigenvalue weighted by Gasteiger charge is 2.20. The Bertz CT molecular complexity index is 666. The summed E-state index contributed by atoms with van der Waals surface area (Å²) in [7, 11) is -1.87. The van der Waals surface area contributed by atoms with Gasteiger partial charge in [0.1, 0.15) is 5.75 Å². The largest absolute Gasteiger partial charge is 0.494 e. The number of rotatable bonds is 6. The van der Waals surface area contributed by atoms with Crippen LogP contribution in [0.1, 0.15) is 12.5 Å². The molecule has 0 fully saturated rings. The predicted octanol–water partition coefficient (Wildman–Crippen LogP) is 2.91. The summed E-state index contributed by atoms with van der Waals surface area (Å²) in [5, 5.41) is 0. The van der Waals surface area contributed by atoms with Gasteiger partial charge in [-0.15, -0.1) is 0 Å². The smallest absolute Gasteiger partial charge is 0.243 e. The Labute approximate surface area is 126 Å². The number of sulfonamides is 1. The number of ether oxygens (including phenoxy) is 1. The minimum atomic E-state index is -3.46. The second-order valence-electron chi connectivity index (χ2n) is 4.65. The lowest BCUT2D eigenvalue weighted by atomic mass is 10.2. The fraction of sp³-hybridized carbons (Fsp3) is 0.250. The Balaban J connectivity index is 2.12. The zero-order valence-electron chi connectivity index (χ0n) is 12.2. The SMILES string of the molecule is CCOc1ccc(CN(C)S(=O)(=O)c2ccccc2)cc1. The zero-order chi connectivity index (χ0) is 15.3. The number of benzene rings is 2. The molecule has 0 aliphatic carbocycles. The Morgan fingerprint density at radius 2 is 1.62 bits per heavy atom. The molecule has 0 spiro atoms. The van der Waals surface area contributed by atoms with Crippen molar-refractivity contribution in [3.05, 3.63) is 60.2 Å². The van der Waals surface area contributed by atoms with Gasteiger partial charge in [0.25, 0.3) is 0 Å². The van der Waals surface area contributed by atoms with Crippen LogP contribution in [-0.2, 0) is 16.6 Å². The molecule has 5 heteroatoms. The Kier molecular flexibility index (Phi) is 4.98. The van der Waals surface area contributed by atoms with Crippen LogP contribution in [0.25, 0.3) is 0 Å². The van der Waals surface area contributed by atoms with Gasteiger partial charge in [-0.2, -0.15) is 4.31 Å². The summed E-state index contributed by atoms with van der Waals surface area (Å²) in [5.74, 6) is 0.787. The number of hydrogen-bond donors (Lipinski definition) is 0. The third-order valence-corrected chi connectivity index (χ3v) is 4.91. The summed E-state index contributed by atoms with van der Waals surface area (Å²) in [6.07, 6.45) is 0.